The van der Waals surface area contributed by atoms with Gasteiger partial charge in [-0.2, -0.15) is 0 Å². The first-order chi connectivity index (χ1) is 15.6. The van der Waals surface area contributed by atoms with E-state index in [0.717, 1.165) is 36.7 Å². The lowest BCUT2D eigenvalue weighted by Gasteiger charge is -2.41. The smallest absolute Gasteiger partial charge is 0.290 e. The average Bonchev–Trinajstić information content (AvgIpc) is 3.56. The van der Waals surface area contributed by atoms with Crippen molar-refractivity contribution in [1.82, 2.24) is 19.4 Å². The summed E-state index contributed by atoms with van der Waals surface area (Å²) in [5.74, 6) is 0.787. The first kappa shape index (κ1) is 22.4. The number of aromatic nitrogens is 2. The average molecular weight is 453 g/mol. The van der Waals surface area contributed by atoms with Crippen molar-refractivity contribution in [3.63, 3.8) is 0 Å². The molecule has 0 unspecified atom stereocenters. The Morgan fingerprint density at radius 2 is 1.76 bits per heavy atom. The fourth-order valence-corrected chi connectivity index (χ4v) is 5.40. The van der Waals surface area contributed by atoms with E-state index in [-0.39, 0.29) is 35.9 Å². The summed E-state index contributed by atoms with van der Waals surface area (Å²) >= 11 is 0. The summed E-state index contributed by atoms with van der Waals surface area (Å²) in [4.78, 5) is 34.8. The van der Waals surface area contributed by atoms with Crippen molar-refractivity contribution in [2.45, 2.75) is 82.8 Å². The summed E-state index contributed by atoms with van der Waals surface area (Å²) in [7, 11) is 1.91. The zero-order valence-corrected chi connectivity index (χ0v) is 20.3. The molecule has 7 nitrogen and oxygen atoms in total. The van der Waals surface area contributed by atoms with E-state index in [2.05, 4.69) is 32.9 Å². The van der Waals surface area contributed by atoms with Gasteiger partial charge in [-0.25, -0.2) is 4.98 Å². The maximum absolute atomic E-state index is 13.5. The molecule has 178 valence electrons. The molecule has 3 fully saturated rings. The minimum Gasteiger partial charge on any atom is -0.393 e. The molecule has 1 aromatic carbocycles. The maximum Gasteiger partial charge on any atom is 0.290 e. The van der Waals surface area contributed by atoms with Gasteiger partial charge < -0.3 is 19.5 Å². The van der Waals surface area contributed by atoms with Gasteiger partial charge in [-0.15, -0.1) is 0 Å². The Bertz CT molecular complexity index is 1090. The second-order valence-corrected chi connectivity index (χ2v) is 11.2. The molecule has 2 aromatic rings. The van der Waals surface area contributed by atoms with Crippen LogP contribution >= 0.6 is 0 Å². The number of nitrogens with zero attached hydrogens (tertiary/aromatic N) is 4. The predicted molar refractivity (Wildman–Crippen MR) is 127 cm³/mol. The Labute approximate surface area is 195 Å². The minimum atomic E-state index is -0.240. The zero-order valence-electron chi connectivity index (χ0n) is 20.3. The highest BCUT2D eigenvalue weighted by Gasteiger charge is 2.36. The number of aliphatic hydroxyl groups excluding tert-OH is 1. The lowest BCUT2D eigenvalue weighted by atomic mass is 9.85. The number of fused-ring (bicyclic) bond motifs is 1. The molecular weight excluding hydrogens is 416 g/mol. The molecule has 3 aliphatic rings. The number of aryl methyl sites for hydroxylation is 1. The third-order valence-corrected chi connectivity index (χ3v) is 7.74. The Hall–Kier alpha value is -2.41. The van der Waals surface area contributed by atoms with Gasteiger partial charge in [-0.1, -0.05) is 26.8 Å². The van der Waals surface area contributed by atoms with Gasteiger partial charge in [0, 0.05) is 26.2 Å². The maximum atomic E-state index is 13.5. The van der Waals surface area contributed by atoms with Gasteiger partial charge >= 0.3 is 0 Å². The number of hydrogen-bond donors (Lipinski definition) is 1. The molecule has 2 amide bonds. The first-order valence-corrected chi connectivity index (χ1v) is 12.4. The van der Waals surface area contributed by atoms with Crippen molar-refractivity contribution < 1.29 is 14.7 Å². The van der Waals surface area contributed by atoms with Crippen molar-refractivity contribution in [1.29, 1.82) is 0 Å². The van der Waals surface area contributed by atoms with Gasteiger partial charge in [0.15, 0.2) is 5.82 Å². The second kappa shape index (κ2) is 8.12. The number of carbonyl (C=O) groups is 2. The Morgan fingerprint density at radius 1 is 1.06 bits per heavy atom. The van der Waals surface area contributed by atoms with Crippen LogP contribution in [0.3, 0.4) is 0 Å². The summed E-state index contributed by atoms with van der Waals surface area (Å²) < 4.78 is 1.91. The lowest BCUT2D eigenvalue weighted by molar-refractivity contribution is -0.138. The summed E-state index contributed by atoms with van der Waals surface area (Å²) in [5, 5.41) is 9.77. The summed E-state index contributed by atoms with van der Waals surface area (Å²) in [5.41, 5.74) is 4.47. The number of aliphatic hydroxyl groups is 1. The molecule has 2 saturated carbocycles. The monoisotopic (exact) mass is 452 g/mol. The topological polar surface area (TPSA) is 78.7 Å². The molecular formula is C26H36N4O3. The van der Waals surface area contributed by atoms with Crippen LogP contribution in [0.5, 0.6) is 0 Å². The molecule has 0 bridgehead atoms. The van der Waals surface area contributed by atoms with Gasteiger partial charge in [0.25, 0.3) is 5.91 Å². The molecule has 33 heavy (non-hydrogen) atoms. The molecule has 1 saturated heterocycles. The molecule has 2 heterocycles. The van der Waals surface area contributed by atoms with Crippen molar-refractivity contribution in [2.24, 2.45) is 7.05 Å². The van der Waals surface area contributed by atoms with Crippen LogP contribution in [0, 0.1) is 0 Å². The highest BCUT2D eigenvalue weighted by Crippen LogP contribution is 2.44. The Morgan fingerprint density at radius 3 is 2.36 bits per heavy atom. The van der Waals surface area contributed by atoms with Gasteiger partial charge in [-0.05, 0) is 67.1 Å². The van der Waals surface area contributed by atoms with Crippen LogP contribution in [0.25, 0.3) is 11.0 Å². The van der Waals surface area contributed by atoms with E-state index in [9.17, 15) is 14.7 Å². The number of rotatable bonds is 3. The van der Waals surface area contributed by atoms with Gasteiger partial charge in [0.1, 0.15) is 6.54 Å². The lowest BCUT2D eigenvalue weighted by Crippen LogP contribution is -2.56. The van der Waals surface area contributed by atoms with E-state index in [4.69, 9.17) is 4.98 Å². The number of piperazine rings is 1. The molecule has 1 aromatic heterocycles. The molecule has 0 atom stereocenters. The normalized spacial score (nSPS) is 24.6. The van der Waals surface area contributed by atoms with Crippen LogP contribution < -0.4 is 0 Å². The fraction of sp³-hybridized carbons (Fsp3) is 0.654. The summed E-state index contributed by atoms with van der Waals surface area (Å²) in [6.45, 7) is 7.82. The quantitative estimate of drug-likeness (QED) is 0.775. The minimum absolute atomic E-state index is 0.00319. The molecule has 1 aliphatic heterocycles. The van der Waals surface area contributed by atoms with E-state index in [0.29, 0.717) is 24.8 Å². The Kier molecular flexibility index (Phi) is 5.51. The number of amides is 2. The molecule has 7 heteroatoms. The van der Waals surface area contributed by atoms with Gasteiger partial charge in [0.2, 0.25) is 5.91 Å². The van der Waals surface area contributed by atoms with E-state index in [1.54, 1.807) is 4.90 Å². The number of imidazole rings is 1. The highest BCUT2D eigenvalue weighted by molar-refractivity contribution is 5.98. The van der Waals surface area contributed by atoms with Crippen molar-refractivity contribution in [3.8, 4) is 0 Å². The van der Waals surface area contributed by atoms with E-state index in [1.165, 1.54) is 24.0 Å². The van der Waals surface area contributed by atoms with Crippen LogP contribution in [0.15, 0.2) is 12.1 Å². The molecule has 1 N–H and O–H groups in total. The van der Waals surface area contributed by atoms with Crippen molar-refractivity contribution in [3.05, 3.63) is 29.1 Å². The second-order valence-electron chi connectivity index (χ2n) is 11.2. The van der Waals surface area contributed by atoms with Gasteiger partial charge in [-0.3, -0.25) is 9.59 Å². The van der Waals surface area contributed by atoms with Crippen LogP contribution in [0.2, 0.25) is 0 Å². The van der Waals surface area contributed by atoms with E-state index < -0.39 is 0 Å². The van der Waals surface area contributed by atoms with Crippen LogP contribution in [0.4, 0.5) is 0 Å². The third-order valence-electron chi connectivity index (χ3n) is 7.74. The van der Waals surface area contributed by atoms with Gasteiger partial charge in [0.05, 0.1) is 17.1 Å². The molecule has 0 radical (unpaired) electrons. The van der Waals surface area contributed by atoms with Crippen molar-refractivity contribution in [2.75, 3.05) is 19.6 Å². The highest BCUT2D eigenvalue weighted by atomic mass is 16.3. The van der Waals surface area contributed by atoms with Crippen molar-refractivity contribution >= 4 is 22.8 Å². The Balaban J connectivity index is 1.39. The van der Waals surface area contributed by atoms with Crippen LogP contribution in [0.1, 0.15) is 87.0 Å². The number of hydrogen-bond acceptors (Lipinski definition) is 4. The molecule has 0 spiro atoms. The summed E-state index contributed by atoms with van der Waals surface area (Å²) in [6.07, 6.45) is 5.29. The standard InChI is InChI=1S/C26H36N4O3/c1-26(2,3)17-13-20(16-5-6-16)23-21(14-17)28(4)24(27-23)25(33)29-11-12-30(22(32)15-29)18-7-9-19(31)10-8-18/h13-14,16,18-19,31H,5-12,15H2,1-4H3/t18-,19-. The zero-order chi connectivity index (χ0) is 23.5. The van der Waals surface area contributed by atoms with Crippen LogP contribution in [-0.2, 0) is 17.3 Å². The molecule has 5 rings (SSSR count). The van der Waals surface area contributed by atoms with E-state index in [1.807, 2.05) is 16.5 Å². The van der Waals surface area contributed by atoms with Crippen LogP contribution in [-0.4, -0.2) is 68.1 Å². The summed E-state index contributed by atoms with van der Waals surface area (Å²) in [6, 6.07) is 4.64. The fourth-order valence-electron chi connectivity index (χ4n) is 5.40. The molecule has 2 aliphatic carbocycles. The number of carbonyl (C=O) groups excluding carboxylic acids is 2. The first-order valence-electron chi connectivity index (χ1n) is 12.4. The number of benzene rings is 1. The third kappa shape index (κ3) is 4.16. The largest absolute Gasteiger partial charge is 0.393 e. The predicted octanol–water partition coefficient (Wildman–Crippen LogP) is 3.34. The SMILES string of the molecule is Cn1c(C(=O)N2CCN([C@H]3CC[C@H](O)CC3)C(=O)C2)nc2c(C3CC3)cc(C(C)(C)C)cc21. The van der Waals surface area contributed by atoms with E-state index >= 15 is 0 Å².